The number of hydrogen-bond acceptors (Lipinski definition) is 7. The average Bonchev–Trinajstić information content (AvgIpc) is 3.88. The van der Waals surface area contributed by atoms with Crippen LogP contribution in [0.25, 0.3) is 28.1 Å². The molecule has 244 valence electrons. The smallest absolute Gasteiger partial charge is 0.254 e. The van der Waals surface area contributed by atoms with Gasteiger partial charge in [0.15, 0.2) is 5.88 Å². The van der Waals surface area contributed by atoms with E-state index in [9.17, 15) is 9.59 Å². The van der Waals surface area contributed by atoms with E-state index in [1.54, 1.807) is 14.2 Å². The summed E-state index contributed by atoms with van der Waals surface area (Å²) in [6, 6.07) is 10.7. The third-order valence-corrected chi connectivity index (χ3v) is 10.5. The van der Waals surface area contributed by atoms with Crippen LogP contribution < -0.4 is 16.2 Å². The van der Waals surface area contributed by atoms with Crippen molar-refractivity contribution in [2.24, 2.45) is 17.4 Å². The maximum absolute atomic E-state index is 13.7. The van der Waals surface area contributed by atoms with E-state index in [1.165, 1.54) is 12.8 Å². The van der Waals surface area contributed by atoms with Crippen LogP contribution in [-0.2, 0) is 22.5 Å². The molecule has 3 atom stereocenters. The van der Waals surface area contributed by atoms with Crippen LogP contribution in [0, 0.1) is 12.8 Å². The topological polar surface area (TPSA) is 143 Å². The third-order valence-electron chi connectivity index (χ3n) is 10.5. The number of rotatable bonds is 9. The number of imidazole rings is 1. The van der Waals surface area contributed by atoms with Crippen LogP contribution in [0.5, 0.6) is 5.88 Å². The first-order chi connectivity index (χ1) is 22.1. The molecule has 4 aromatic heterocycles. The first-order valence-electron chi connectivity index (χ1n) is 16.6. The molecule has 0 aromatic carbocycles. The van der Waals surface area contributed by atoms with E-state index in [0.717, 1.165) is 84.5 Å². The van der Waals surface area contributed by atoms with Gasteiger partial charge >= 0.3 is 0 Å². The standard InChI is InChI=1S/C29H34N6O2.C6H11NO2/c1-4-20-8-7-18-11-24(33(28(18)31-20)15-17-5-6-17)27-16(2)34-25(32-27)12-19(13-26(34)37-3)29(36)35-21-9-10-23(35)22(30)14-21;1-9-6(2-3-6)4-5(7)8/h7-8,11-13,17,21-23H,4-6,9-10,14-15,30H2,1-3H3;2-4H2,1H3,(H2,7,8). The minimum absolute atomic E-state index is 0.0302. The fourth-order valence-corrected chi connectivity index (χ4v) is 7.51. The molecule has 11 heteroatoms. The van der Waals surface area contributed by atoms with E-state index in [-0.39, 0.29) is 35.5 Å². The molecule has 2 aliphatic heterocycles. The third kappa shape index (κ3) is 5.43. The molecule has 2 bridgehead atoms. The second-order valence-electron chi connectivity index (χ2n) is 13.6. The number of aryl methyl sites for hydroxylation is 2. The molecule has 2 amide bonds. The van der Waals surface area contributed by atoms with Crippen LogP contribution in [0.3, 0.4) is 0 Å². The minimum atomic E-state index is -0.269. The molecule has 0 spiro atoms. The van der Waals surface area contributed by atoms with Gasteiger partial charge in [-0.1, -0.05) is 6.92 Å². The summed E-state index contributed by atoms with van der Waals surface area (Å²) in [5.41, 5.74) is 17.6. The van der Waals surface area contributed by atoms with Gasteiger partial charge in [-0.05, 0) is 88.5 Å². The van der Waals surface area contributed by atoms with Gasteiger partial charge in [0, 0.05) is 54.5 Å². The number of fused-ring (bicyclic) bond motifs is 4. The number of primary amides is 1. The molecule has 2 saturated carbocycles. The first kappa shape index (κ1) is 30.7. The van der Waals surface area contributed by atoms with Crippen molar-refractivity contribution in [1.82, 2.24) is 23.8 Å². The summed E-state index contributed by atoms with van der Waals surface area (Å²) >= 11 is 0. The van der Waals surface area contributed by atoms with Crippen LogP contribution >= 0.6 is 0 Å². The zero-order valence-electron chi connectivity index (χ0n) is 27.3. The lowest BCUT2D eigenvalue weighted by molar-refractivity contribution is -0.121. The number of carbonyl (C=O) groups is 2. The molecular formula is C35H45N7O4. The lowest BCUT2D eigenvalue weighted by Crippen LogP contribution is -2.40. The van der Waals surface area contributed by atoms with Crippen molar-refractivity contribution < 1.29 is 19.1 Å². The van der Waals surface area contributed by atoms with Crippen LogP contribution in [0.2, 0.25) is 0 Å². The van der Waals surface area contributed by atoms with Crippen molar-refractivity contribution in [3.63, 3.8) is 0 Å². The van der Waals surface area contributed by atoms with Gasteiger partial charge in [-0.15, -0.1) is 0 Å². The van der Waals surface area contributed by atoms with E-state index in [2.05, 4.69) is 36.6 Å². The Hall–Kier alpha value is -3.96. The summed E-state index contributed by atoms with van der Waals surface area (Å²) in [7, 11) is 3.27. The van der Waals surface area contributed by atoms with Gasteiger partial charge in [0.25, 0.3) is 5.91 Å². The van der Waals surface area contributed by atoms with Crippen LogP contribution in [0.4, 0.5) is 0 Å². The number of amides is 2. The summed E-state index contributed by atoms with van der Waals surface area (Å²) in [5, 5.41) is 1.13. The number of pyridine rings is 2. The van der Waals surface area contributed by atoms with Crippen molar-refractivity contribution in [3.05, 3.63) is 47.3 Å². The van der Waals surface area contributed by atoms with Crippen molar-refractivity contribution >= 4 is 28.5 Å². The second kappa shape index (κ2) is 11.7. The molecule has 4 aliphatic rings. The summed E-state index contributed by atoms with van der Waals surface area (Å²) in [6.07, 6.45) is 8.68. The molecule has 2 aliphatic carbocycles. The summed E-state index contributed by atoms with van der Waals surface area (Å²) < 4.78 is 15.2. The molecular weight excluding hydrogens is 582 g/mol. The summed E-state index contributed by atoms with van der Waals surface area (Å²) in [6.45, 7) is 5.16. The van der Waals surface area contributed by atoms with Gasteiger partial charge in [0.1, 0.15) is 17.0 Å². The van der Waals surface area contributed by atoms with Crippen molar-refractivity contribution in [2.75, 3.05) is 14.2 Å². The van der Waals surface area contributed by atoms with E-state index >= 15 is 0 Å². The molecule has 46 heavy (non-hydrogen) atoms. The van der Waals surface area contributed by atoms with Gasteiger partial charge in [0.05, 0.1) is 30.5 Å². The molecule has 0 radical (unpaired) electrons. The van der Waals surface area contributed by atoms with Gasteiger partial charge in [-0.3, -0.25) is 14.0 Å². The zero-order chi connectivity index (χ0) is 32.3. The molecule has 8 rings (SSSR count). The number of nitrogens with zero attached hydrogens (tertiary/aromatic N) is 5. The second-order valence-corrected chi connectivity index (χ2v) is 13.6. The van der Waals surface area contributed by atoms with Gasteiger partial charge in [-0.25, -0.2) is 9.97 Å². The molecule has 2 saturated heterocycles. The van der Waals surface area contributed by atoms with E-state index in [4.69, 9.17) is 30.9 Å². The van der Waals surface area contributed by atoms with Crippen LogP contribution in [0.1, 0.15) is 80.0 Å². The zero-order valence-corrected chi connectivity index (χ0v) is 27.3. The van der Waals surface area contributed by atoms with E-state index in [0.29, 0.717) is 23.8 Å². The SMILES string of the molecule is CCc1ccc2cc(-c3nc4cc(C(=O)N5C6CCC5C(N)C6)cc(OC)n4c3C)n(CC3CC3)c2n1.COC1(CC(N)=O)CC1. The van der Waals surface area contributed by atoms with Crippen molar-refractivity contribution in [3.8, 4) is 17.3 Å². The predicted molar refractivity (Wildman–Crippen MR) is 176 cm³/mol. The molecule has 6 heterocycles. The average molecular weight is 628 g/mol. The monoisotopic (exact) mass is 627 g/mol. The number of hydrogen-bond donors (Lipinski definition) is 2. The molecule has 11 nitrogen and oxygen atoms in total. The lowest BCUT2D eigenvalue weighted by atomic mass is 9.97. The maximum atomic E-state index is 13.7. The Bertz CT molecular complexity index is 1820. The normalized spacial score (nSPS) is 22.7. The van der Waals surface area contributed by atoms with Gasteiger partial charge in [0.2, 0.25) is 5.91 Å². The molecule has 4 N–H and O–H groups in total. The Morgan fingerprint density at radius 2 is 1.85 bits per heavy atom. The largest absolute Gasteiger partial charge is 0.482 e. The van der Waals surface area contributed by atoms with Gasteiger partial charge in [-0.2, -0.15) is 0 Å². The van der Waals surface area contributed by atoms with Crippen molar-refractivity contribution in [1.29, 1.82) is 0 Å². The fourth-order valence-electron chi connectivity index (χ4n) is 7.51. The Kier molecular flexibility index (Phi) is 7.79. The summed E-state index contributed by atoms with van der Waals surface area (Å²) in [4.78, 5) is 36.1. The number of nitrogens with two attached hydrogens (primary N) is 2. The fraction of sp³-hybridized carbons (Fsp3) is 0.543. The summed E-state index contributed by atoms with van der Waals surface area (Å²) in [5.74, 6) is 1.07. The number of carbonyl (C=O) groups excluding carboxylic acids is 2. The highest BCUT2D eigenvalue weighted by atomic mass is 16.5. The quantitative estimate of drug-likeness (QED) is 0.280. The Morgan fingerprint density at radius 1 is 1.07 bits per heavy atom. The Morgan fingerprint density at radius 3 is 2.41 bits per heavy atom. The highest BCUT2D eigenvalue weighted by Gasteiger charge is 2.47. The van der Waals surface area contributed by atoms with Crippen molar-refractivity contribution in [2.45, 2.75) is 102 Å². The minimum Gasteiger partial charge on any atom is -0.482 e. The van der Waals surface area contributed by atoms with Crippen LogP contribution in [-0.4, -0.2) is 73.6 Å². The highest BCUT2D eigenvalue weighted by Crippen LogP contribution is 2.42. The van der Waals surface area contributed by atoms with E-state index in [1.807, 2.05) is 21.4 Å². The van der Waals surface area contributed by atoms with E-state index < -0.39 is 0 Å². The number of aromatic nitrogens is 4. The van der Waals surface area contributed by atoms with Crippen LogP contribution in [0.15, 0.2) is 30.3 Å². The van der Waals surface area contributed by atoms with Gasteiger partial charge < -0.3 is 30.4 Å². The highest BCUT2D eigenvalue weighted by molar-refractivity contribution is 5.96. The maximum Gasteiger partial charge on any atom is 0.254 e. The number of methoxy groups -OCH3 is 2. The molecule has 4 aromatic rings. The molecule has 4 fully saturated rings. The molecule has 3 unspecified atom stereocenters. The Balaban J connectivity index is 0.000000326. The Labute approximate surface area is 269 Å². The number of ether oxygens (including phenoxy) is 2. The first-order valence-corrected chi connectivity index (χ1v) is 16.6. The predicted octanol–water partition coefficient (Wildman–Crippen LogP) is 4.39. The lowest BCUT2D eigenvalue weighted by Gasteiger charge is -2.23.